The Kier molecular flexibility index (Phi) is 5.51. The fraction of sp³-hybridized carbons (Fsp3) is 0.304. The van der Waals surface area contributed by atoms with Crippen molar-refractivity contribution in [3.8, 4) is 5.75 Å². The van der Waals surface area contributed by atoms with Gasteiger partial charge in [0.25, 0.3) is 5.91 Å². The first-order chi connectivity index (χ1) is 14.2. The highest BCUT2D eigenvalue weighted by Crippen LogP contribution is 2.22. The van der Waals surface area contributed by atoms with Crippen molar-refractivity contribution in [1.29, 1.82) is 0 Å². The quantitative estimate of drug-likeness (QED) is 0.700. The summed E-state index contributed by atoms with van der Waals surface area (Å²) < 4.78 is 5.34. The van der Waals surface area contributed by atoms with Gasteiger partial charge in [-0.25, -0.2) is 0 Å². The van der Waals surface area contributed by atoms with E-state index < -0.39 is 0 Å². The van der Waals surface area contributed by atoms with E-state index in [2.05, 4.69) is 10.3 Å². The minimum atomic E-state index is -0.202. The molecule has 2 aromatic carbocycles. The Bertz CT molecular complexity index is 994. The molecule has 0 radical (unpaired) electrons. The molecular weight excluding hydrogens is 366 g/mol. The molecule has 0 unspecified atom stereocenters. The lowest BCUT2D eigenvalue weighted by atomic mass is 9.96. The molecule has 6 nitrogen and oxygen atoms in total. The number of hydrogen-bond acceptors (Lipinski definition) is 3. The average molecular weight is 391 g/mol. The van der Waals surface area contributed by atoms with Crippen molar-refractivity contribution in [2.45, 2.75) is 19.4 Å². The monoisotopic (exact) mass is 391 g/mol. The summed E-state index contributed by atoms with van der Waals surface area (Å²) >= 11 is 0. The normalized spacial score (nSPS) is 16.6. The van der Waals surface area contributed by atoms with Crippen LogP contribution in [-0.4, -0.2) is 41.9 Å². The van der Waals surface area contributed by atoms with E-state index in [1.165, 1.54) is 0 Å². The maximum absolute atomic E-state index is 12.9. The summed E-state index contributed by atoms with van der Waals surface area (Å²) in [6.45, 7) is 1.52. The molecule has 1 atom stereocenters. The number of carbonyl (C=O) groups excluding carboxylic acids is 2. The van der Waals surface area contributed by atoms with Crippen molar-refractivity contribution in [1.82, 2.24) is 15.2 Å². The Morgan fingerprint density at radius 2 is 1.97 bits per heavy atom. The van der Waals surface area contributed by atoms with Crippen molar-refractivity contribution < 1.29 is 14.3 Å². The van der Waals surface area contributed by atoms with E-state index in [0.717, 1.165) is 35.1 Å². The van der Waals surface area contributed by atoms with Crippen LogP contribution < -0.4 is 10.1 Å². The molecule has 6 heteroatoms. The Hall–Kier alpha value is -3.28. The van der Waals surface area contributed by atoms with E-state index >= 15 is 0 Å². The minimum absolute atomic E-state index is 0.0231. The number of carbonyl (C=O) groups is 2. The molecule has 150 valence electrons. The van der Waals surface area contributed by atoms with Gasteiger partial charge in [-0.05, 0) is 31.0 Å². The Labute approximate surface area is 169 Å². The molecule has 2 heterocycles. The summed E-state index contributed by atoms with van der Waals surface area (Å²) in [5.41, 5.74) is 2.45. The number of piperidine rings is 1. The predicted octanol–water partition coefficient (Wildman–Crippen LogP) is 3.35. The molecule has 1 aromatic heterocycles. The van der Waals surface area contributed by atoms with E-state index in [-0.39, 0.29) is 17.7 Å². The first-order valence-electron chi connectivity index (χ1n) is 9.92. The molecule has 0 bridgehead atoms. The van der Waals surface area contributed by atoms with Gasteiger partial charge in [0, 0.05) is 36.1 Å². The summed E-state index contributed by atoms with van der Waals surface area (Å²) in [6, 6.07) is 17.3. The number of nitrogens with zero attached hydrogens (tertiary/aromatic N) is 1. The highest BCUT2D eigenvalue weighted by atomic mass is 16.5. The average Bonchev–Trinajstić information content (AvgIpc) is 3.21. The molecule has 3 aromatic rings. The van der Waals surface area contributed by atoms with Crippen LogP contribution in [0.25, 0.3) is 10.9 Å². The van der Waals surface area contributed by atoms with Gasteiger partial charge in [-0.1, -0.05) is 36.4 Å². The Morgan fingerprint density at radius 3 is 2.79 bits per heavy atom. The zero-order valence-electron chi connectivity index (χ0n) is 16.5. The van der Waals surface area contributed by atoms with Gasteiger partial charge >= 0.3 is 0 Å². The second-order valence-electron chi connectivity index (χ2n) is 7.39. The zero-order valence-corrected chi connectivity index (χ0v) is 16.5. The molecule has 1 aliphatic rings. The highest BCUT2D eigenvalue weighted by molar-refractivity contribution is 5.98. The summed E-state index contributed by atoms with van der Waals surface area (Å²) in [5, 5.41) is 4.01. The standard InChI is InChI=1S/C23H25N3O3/c1-29-21-11-5-3-8-17(21)14-24-22(27)18-9-6-12-26(15-18)23(28)20-13-16-7-2-4-10-19(16)25-20/h2-5,7-8,10-11,13,18,25H,6,9,12,14-15H2,1H3,(H,24,27)/t18-/m1/s1. The third-order valence-corrected chi connectivity index (χ3v) is 5.49. The lowest BCUT2D eigenvalue weighted by molar-refractivity contribution is -0.126. The zero-order chi connectivity index (χ0) is 20.2. The number of likely N-dealkylation sites (tertiary alicyclic amines) is 1. The molecule has 0 aliphatic carbocycles. The van der Waals surface area contributed by atoms with Crippen LogP contribution in [-0.2, 0) is 11.3 Å². The van der Waals surface area contributed by atoms with Crippen LogP contribution in [0.5, 0.6) is 5.75 Å². The molecule has 0 saturated carbocycles. The second kappa shape index (κ2) is 8.39. The largest absolute Gasteiger partial charge is 0.496 e. The van der Waals surface area contributed by atoms with E-state index in [1.54, 1.807) is 12.0 Å². The smallest absolute Gasteiger partial charge is 0.270 e. The van der Waals surface area contributed by atoms with Gasteiger partial charge in [-0.2, -0.15) is 0 Å². The molecular formula is C23H25N3O3. The van der Waals surface area contributed by atoms with Crippen LogP contribution in [0.1, 0.15) is 28.9 Å². The van der Waals surface area contributed by atoms with Gasteiger partial charge in [-0.15, -0.1) is 0 Å². The fourth-order valence-electron chi connectivity index (χ4n) is 3.91. The first kappa shape index (κ1) is 19.1. The molecule has 29 heavy (non-hydrogen) atoms. The Morgan fingerprint density at radius 1 is 1.17 bits per heavy atom. The number of nitrogens with one attached hydrogen (secondary N) is 2. The van der Waals surface area contributed by atoms with Crippen LogP contribution in [0.15, 0.2) is 54.6 Å². The van der Waals surface area contributed by atoms with Crippen LogP contribution in [0.3, 0.4) is 0 Å². The number of rotatable bonds is 5. The Balaban J connectivity index is 1.39. The minimum Gasteiger partial charge on any atom is -0.496 e. The first-order valence-corrected chi connectivity index (χ1v) is 9.92. The lowest BCUT2D eigenvalue weighted by Crippen LogP contribution is -2.45. The molecule has 1 aliphatic heterocycles. The van der Waals surface area contributed by atoms with Crippen LogP contribution in [0.2, 0.25) is 0 Å². The summed E-state index contributed by atoms with van der Waals surface area (Å²) in [6.07, 6.45) is 1.60. The van der Waals surface area contributed by atoms with E-state index in [0.29, 0.717) is 25.3 Å². The molecule has 2 amide bonds. The van der Waals surface area contributed by atoms with E-state index in [1.807, 2.05) is 54.6 Å². The maximum atomic E-state index is 12.9. The summed E-state index contributed by atoms with van der Waals surface area (Å²) in [7, 11) is 1.62. The van der Waals surface area contributed by atoms with E-state index in [4.69, 9.17) is 4.74 Å². The number of benzene rings is 2. The number of H-pyrrole nitrogens is 1. The van der Waals surface area contributed by atoms with Crippen LogP contribution >= 0.6 is 0 Å². The molecule has 1 saturated heterocycles. The number of aromatic nitrogens is 1. The topological polar surface area (TPSA) is 74.4 Å². The second-order valence-corrected chi connectivity index (χ2v) is 7.39. The number of methoxy groups -OCH3 is 1. The van der Waals surface area contributed by atoms with E-state index in [9.17, 15) is 9.59 Å². The van der Waals surface area contributed by atoms with Crippen molar-refractivity contribution >= 4 is 22.7 Å². The van der Waals surface area contributed by atoms with Gasteiger partial charge in [0.05, 0.1) is 13.0 Å². The number of fused-ring (bicyclic) bond motifs is 1. The molecule has 2 N–H and O–H groups in total. The molecule has 0 spiro atoms. The fourth-order valence-corrected chi connectivity index (χ4v) is 3.91. The third kappa shape index (κ3) is 4.11. The number of para-hydroxylation sites is 2. The van der Waals surface area contributed by atoms with Crippen molar-refractivity contribution in [3.63, 3.8) is 0 Å². The summed E-state index contributed by atoms with van der Waals surface area (Å²) in [4.78, 5) is 30.6. The number of amides is 2. The third-order valence-electron chi connectivity index (χ3n) is 5.49. The van der Waals surface area contributed by atoms with Crippen molar-refractivity contribution in [2.75, 3.05) is 20.2 Å². The van der Waals surface area contributed by atoms with Gasteiger partial charge in [0.1, 0.15) is 11.4 Å². The molecule has 1 fully saturated rings. The van der Waals surface area contributed by atoms with Crippen LogP contribution in [0.4, 0.5) is 0 Å². The van der Waals surface area contributed by atoms with Crippen molar-refractivity contribution in [2.24, 2.45) is 5.92 Å². The van der Waals surface area contributed by atoms with Gasteiger partial charge in [0.15, 0.2) is 0 Å². The predicted molar refractivity (Wildman–Crippen MR) is 112 cm³/mol. The lowest BCUT2D eigenvalue weighted by Gasteiger charge is -2.31. The molecule has 4 rings (SSSR count). The van der Waals surface area contributed by atoms with Crippen LogP contribution in [0, 0.1) is 5.92 Å². The maximum Gasteiger partial charge on any atom is 0.270 e. The van der Waals surface area contributed by atoms with Crippen molar-refractivity contribution in [3.05, 3.63) is 65.9 Å². The highest BCUT2D eigenvalue weighted by Gasteiger charge is 2.29. The number of aromatic amines is 1. The number of hydrogen-bond donors (Lipinski definition) is 2. The van der Waals surface area contributed by atoms with Gasteiger partial charge in [-0.3, -0.25) is 9.59 Å². The number of ether oxygens (including phenoxy) is 1. The van der Waals surface area contributed by atoms with Gasteiger partial charge in [0.2, 0.25) is 5.91 Å². The van der Waals surface area contributed by atoms with Gasteiger partial charge < -0.3 is 19.9 Å². The summed E-state index contributed by atoms with van der Waals surface area (Å²) in [5.74, 6) is 0.479. The SMILES string of the molecule is COc1ccccc1CNC(=O)[C@@H]1CCCN(C(=O)c2cc3ccccc3[nH]2)C1.